The number of rotatable bonds is 2. The Morgan fingerprint density at radius 3 is 2.80 bits per heavy atom. The summed E-state index contributed by atoms with van der Waals surface area (Å²) >= 11 is 5.51. The molecule has 0 bridgehead atoms. The van der Waals surface area contributed by atoms with Gasteiger partial charge in [-0.1, -0.05) is 0 Å². The van der Waals surface area contributed by atoms with E-state index in [1.807, 2.05) is 19.1 Å². The van der Waals surface area contributed by atoms with Crippen LogP contribution in [0.3, 0.4) is 0 Å². The Morgan fingerprint density at radius 2 is 2.40 bits per heavy atom. The summed E-state index contributed by atoms with van der Waals surface area (Å²) in [7, 11) is 0. The summed E-state index contributed by atoms with van der Waals surface area (Å²) in [5.41, 5.74) is 5.58. The summed E-state index contributed by atoms with van der Waals surface area (Å²) in [5.74, 6) is 2.02. The predicted octanol–water partition coefficient (Wildman–Crippen LogP) is 1.83. The number of aryl methyl sites for hydroxylation is 1. The molecule has 1 atom stereocenters. The van der Waals surface area contributed by atoms with E-state index in [1.54, 1.807) is 0 Å². The van der Waals surface area contributed by atoms with Crippen LogP contribution in [0.5, 0.6) is 0 Å². The average molecular weight is 160 g/mol. The Labute approximate surface area is 65.0 Å². The molecule has 0 aliphatic rings. The number of furan rings is 1. The minimum atomic E-state index is -0.171. The Morgan fingerprint density at radius 1 is 1.70 bits per heavy atom. The summed E-state index contributed by atoms with van der Waals surface area (Å²) in [6.07, 6.45) is 0. The second-order valence-corrected chi connectivity index (χ2v) is 2.52. The number of nitrogens with two attached hydrogens (primary N) is 1. The molecule has 56 valence electrons. The van der Waals surface area contributed by atoms with Gasteiger partial charge in [-0.15, -0.1) is 11.6 Å². The molecule has 0 aromatic carbocycles. The van der Waals surface area contributed by atoms with E-state index < -0.39 is 0 Å². The predicted molar refractivity (Wildman–Crippen MR) is 41.1 cm³/mol. The molecule has 1 aromatic heterocycles. The lowest BCUT2D eigenvalue weighted by molar-refractivity contribution is 0.459. The molecule has 1 aromatic rings. The molecule has 1 unspecified atom stereocenters. The van der Waals surface area contributed by atoms with Crippen LogP contribution in [0.15, 0.2) is 16.5 Å². The van der Waals surface area contributed by atoms with E-state index in [2.05, 4.69) is 0 Å². The molecule has 1 rings (SSSR count). The van der Waals surface area contributed by atoms with Gasteiger partial charge in [-0.2, -0.15) is 0 Å². The van der Waals surface area contributed by atoms with Gasteiger partial charge in [0.05, 0.1) is 6.04 Å². The van der Waals surface area contributed by atoms with Crippen molar-refractivity contribution < 1.29 is 4.42 Å². The van der Waals surface area contributed by atoms with E-state index in [0.29, 0.717) is 5.88 Å². The average Bonchev–Trinajstić information content (AvgIpc) is 2.34. The lowest BCUT2D eigenvalue weighted by atomic mass is 10.3. The molecule has 0 spiro atoms. The molecule has 0 aliphatic heterocycles. The first-order valence-electron chi connectivity index (χ1n) is 3.12. The van der Waals surface area contributed by atoms with Gasteiger partial charge in [0.15, 0.2) is 0 Å². The monoisotopic (exact) mass is 159 g/mol. The highest BCUT2D eigenvalue weighted by Crippen LogP contribution is 2.14. The van der Waals surface area contributed by atoms with E-state index in [-0.39, 0.29) is 6.04 Å². The van der Waals surface area contributed by atoms with Gasteiger partial charge < -0.3 is 10.2 Å². The van der Waals surface area contributed by atoms with Gasteiger partial charge in [0.25, 0.3) is 0 Å². The molecule has 2 N–H and O–H groups in total. The summed E-state index contributed by atoms with van der Waals surface area (Å²) in [6, 6.07) is 3.56. The van der Waals surface area contributed by atoms with Crippen LogP contribution in [0.1, 0.15) is 17.6 Å². The van der Waals surface area contributed by atoms with Crippen LogP contribution >= 0.6 is 11.6 Å². The molecule has 0 saturated heterocycles. The fraction of sp³-hybridized carbons (Fsp3) is 0.429. The molecule has 0 aliphatic carbocycles. The molecule has 0 radical (unpaired) electrons. The second-order valence-electron chi connectivity index (χ2n) is 2.21. The van der Waals surface area contributed by atoms with Crippen molar-refractivity contribution in [2.45, 2.75) is 13.0 Å². The minimum Gasteiger partial charge on any atom is -0.465 e. The fourth-order valence-electron chi connectivity index (χ4n) is 0.729. The molecule has 0 fully saturated rings. The summed E-state index contributed by atoms with van der Waals surface area (Å²) in [5, 5.41) is 0. The van der Waals surface area contributed by atoms with Crippen molar-refractivity contribution in [3.05, 3.63) is 23.7 Å². The molecule has 0 amide bonds. The van der Waals surface area contributed by atoms with Gasteiger partial charge in [-0.3, -0.25) is 0 Å². The van der Waals surface area contributed by atoms with E-state index >= 15 is 0 Å². The first-order chi connectivity index (χ1) is 4.74. The van der Waals surface area contributed by atoms with Gasteiger partial charge in [0.2, 0.25) is 0 Å². The minimum absolute atomic E-state index is 0.171. The van der Waals surface area contributed by atoms with Crippen LogP contribution in [0, 0.1) is 6.92 Å². The van der Waals surface area contributed by atoms with Crippen LogP contribution in [0.2, 0.25) is 0 Å². The Kier molecular flexibility index (Phi) is 2.35. The lowest BCUT2D eigenvalue weighted by Crippen LogP contribution is -2.10. The summed E-state index contributed by atoms with van der Waals surface area (Å²) < 4.78 is 5.23. The Hall–Kier alpha value is -0.470. The first-order valence-corrected chi connectivity index (χ1v) is 3.65. The van der Waals surface area contributed by atoms with Crippen molar-refractivity contribution in [2.75, 3.05) is 5.88 Å². The van der Waals surface area contributed by atoms with Crippen LogP contribution in [-0.4, -0.2) is 5.88 Å². The highest BCUT2D eigenvalue weighted by Gasteiger charge is 2.06. The smallest absolute Gasteiger partial charge is 0.122 e. The molecule has 10 heavy (non-hydrogen) atoms. The Balaban J connectivity index is 2.74. The standard InChI is InChI=1S/C7H10ClNO/c1-5-2-3-7(10-5)6(9)4-8/h2-3,6H,4,9H2,1H3. The maximum Gasteiger partial charge on any atom is 0.122 e. The van der Waals surface area contributed by atoms with Crippen LogP contribution < -0.4 is 5.73 Å². The maximum atomic E-state index is 5.58. The lowest BCUT2D eigenvalue weighted by Gasteiger charge is -2.01. The van der Waals surface area contributed by atoms with Gasteiger partial charge in [0, 0.05) is 5.88 Å². The van der Waals surface area contributed by atoms with Crippen molar-refractivity contribution in [1.29, 1.82) is 0 Å². The van der Waals surface area contributed by atoms with E-state index in [0.717, 1.165) is 11.5 Å². The van der Waals surface area contributed by atoms with Crippen LogP contribution in [0.4, 0.5) is 0 Å². The quantitative estimate of drug-likeness (QED) is 0.669. The number of hydrogen-bond donors (Lipinski definition) is 1. The molecule has 0 saturated carbocycles. The fourth-order valence-corrected chi connectivity index (χ4v) is 0.881. The third kappa shape index (κ3) is 1.52. The largest absolute Gasteiger partial charge is 0.465 e. The molecular formula is C7H10ClNO. The maximum absolute atomic E-state index is 5.58. The van der Waals surface area contributed by atoms with Crippen LogP contribution in [-0.2, 0) is 0 Å². The van der Waals surface area contributed by atoms with Crippen molar-refractivity contribution in [2.24, 2.45) is 5.73 Å². The SMILES string of the molecule is Cc1ccc(C(N)CCl)o1. The second kappa shape index (κ2) is 3.08. The zero-order valence-corrected chi connectivity index (χ0v) is 6.56. The van der Waals surface area contributed by atoms with Gasteiger partial charge in [-0.25, -0.2) is 0 Å². The first kappa shape index (κ1) is 7.63. The number of halogens is 1. The zero-order valence-electron chi connectivity index (χ0n) is 5.80. The number of alkyl halides is 1. The van der Waals surface area contributed by atoms with Gasteiger partial charge in [-0.05, 0) is 19.1 Å². The summed E-state index contributed by atoms with van der Waals surface area (Å²) in [4.78, 5) is 0. The Bertz CT molecular complexity index is 209. The van der Waals surface area contributed by atoms with Crippen molar-refractivity contribution >= 4 is 11.6 Å². The van der Waals surface area contributed by atoms with E-state index in [1.165, 1.54) is 0 Å². The van der Waals surface area contributed by atoms with E-state index in [4.69, 9.17) is 21.8 Å². The summed E-state index contributed by atoms with van der Waals surface area (Å²) in [6.45, 7) is 1.88. The van der Waals surface area contributed by atoms with E-state index in [9.17, 15) is 0 Å². The van der Waals surface area contributed by atoms with Crippen molar-refractivity contribution in [3.63, 3.8) is 0 Å². The highest BCUT2D eigenvalue weighted by atomic mass is 35.5. The normalized spacial score (nSPS) is 13.5. The molecule has 1 heterocycles. The topological polar surface area (TPSA) is 39.2 Å². The third-order valence-electron chi connectivity index (χ3n) is 1.29. The number of hydrogen-bond acceptors (Lipinski definition) is 2. The van der Waals surface area contributed by atoms with Crippen LogP contribution in [0.25, 0.3) is 0 Å². The van der Waals surface area contributed by atoms with Crippen molar-refractivity contribution in [3.8, 4) is 0 Å². The molecular weight excluding hydrogens is 150 g/mol. The highest BCUT2D eigenvalue weighted by molar-refractivity contribution is 6.18. The van der Waals surface area contributed by atoms with Gasteiger partial charge in [0.1, 0.15) is 11.5 Å². The van der Waals surface area contributed by atoms with Crippen molar-refractivity contribution in [1.82, 2.24) is 0 Å². The third-order valence-corrected chi connectivity index (χ3v) is 1.63. The molecule has 3 heteroatoms. The molecule has 2 nitrogen and oxygen atoms in total. The zero-order chi connectivity index (χ0) is 7.56. The van der Waals surface area contributed by atoms with Gasteiger partial charge >= 0.3 is 0 Å².